The topological polar surface area (TPSA) is 58.8 Å². The Balaban J connectivity index is 1.34. The van der Waals surface area contributed by atoms with Crippen LogP contribution < -0.4 is 4.74 Å². The number of aromatic nitrogens is 1. The summed E-state index contributed by atoms with van der Waals surface area (Å²) in [5.74, 6) is 0.994. The number of halogens is 2. The maximum Gasteiger partial charge on any atom is 0.254 e. The summed E-state index contributed by atoms with van der Waals surface area (Å²) in [4.78, 5) is 16.9. The van der Waals surface area contributed by atoms with Crippen LogP contribution in [0.15, 0.2) is 47.0 Å². The van der Waals surface area contributed by atoms with Gasteiger partial charge in [0.1, 0.15) is 23.9 Å². The summed E-state index contributed by atoms with van der Waals surface area (Å²) >= 11 is 6.15. The molecule has 0 atom stereocenters. The van der Waals surface area contributed by atoms with Crippen LogP contribution in [0, 0.1) is 19.7 Å². The number of carbonyl (C=O) groups is 1. The van der Waals surface area contributed by atoms with Gasteiger partial charge in [-0.25, -0.2) is 4.39 Å². The third-order valence-corrected chi connectivity index (χ3v) is 6.10. The standard InChI is InChI=1S/C24H25ClFN3O3/c1-16-21(17(2)32-27-16)15-31-19-6-3-5-18(13-19)24(30)29-11-9-28(10-12-29)14-20-22(25)7-4-8-23(20)26/h3-8,13H,9-12,14-15H2,1-2H3. The van der Waals surface area contributed by atoms with Gasteiger partial charge in [-0.05, 0) is 44.2 Å². The molecule has 1 aromatic heterocycles. The van der Waals surface area contributed by atoms with Crippen LogP contribution in [0.4, 0.5) is 4.39 Å². The van der Waals surface area contributed by atoms with Crippen LogP contribution in [0.1, 0.15) is 32.9 Å². The van der Waals surface area contributed by atoms with E-state index in [1.807, 2.05) is 30.9 Å². The first-order valence-electron chi connectivity index (χ1n) is 10.5. The number of amides is 1. The van der Waals surface area contributed by atoms with Crippen LogP contribution in [-0.2, 0) is 13.2 Å². The fourth-order valence-electron chi connectivity index (χ4n) is 3.78. The number of ether oxygens (including phenoxy) is 1. The molecule has 1 aliphatic rings. The lowest BCUT2D eigenvalue weighted by Crippen LogP contribution is -2.48. The van der Waals surface area contributed by atoms with Crippen LogP contribution in [0.25, 0.3) is 0 Å². The second-order valence-electron chi connectivity index (χ2n) is 7.89. The molecule has 1 amide bonds. The second-order valence-corrected chi connectivity index (χ2v) is 8.29. The molecule has 1 saturated heterocycles. The predicted octanol–water partition coefficient (Wildman–Crippen LogP) is 4.62. The molecule has 0 bridgehead atoms. The Labute approximate surface area is 191 Å². The van der Waals surface area contributed by atoms with Gasteiger partial charge in [-0.2, -0.15) is 0 Å². The van der Waals surface area contributed by atoms with Crippen molar-refractivity contribution in [3.05, 3.63) is 81.4 Å². The van der Waals surface area contributed by atoms with Gasteiger partial charge in [-0.3, -0.25) is 9.69 Å². The largest absolute Gasteiger partial charge is 0.489 e. The van der Waals surface area contributed by atoms with Gasteiger partial charge >= 0.3 is 0 Å². The highest BCUT2D eigenvalue weighted by atomic mass is 35.5. The van der Waals surface area contributed by atoms with Gasteiger partial charge < -0.3 is 14.2 Å². The molecule has 0 unspecified atom stereocenters. The van der Waals surface area contributed by atoms with Gasteiger partial charge in [0.25, 0.3) is 5.91 Å². The van der Waals surface area contributed by atoms with Gasteiger partial charge in [0.15, 0.2) is 0 Å². The molecule has 3 aromatic rings. The Morgan fingerprint density at radius 1 is 1.12 bits per heavy atom. The Morgan fingerprint density at radius 3 is 2.56 bits per heavy atom. The number of benzene rings is 2. The molecule has 4 rings (SSSR count). The Morgan fingerprint density at radius 2 is 1.88 bits per heavy atom. The lowest BCUT2D eigenvalue weighted by molar-refractivity contribution is 0.0626. The van der Waals surface area contributed by atoms with Crippen molar-refractivity contribution in [3.8, 4) is 5.75 Å². The van der Waals surface area contributed by atoms with Crippen molar-refractivity contribution in [1.29, 1.82) is 0 Å². The van der Waals surface area contributed by atoms with Crippen molar-refractivity contribution < 1.29 is 18.4 Å². The summed E-state index contributed by atoms with van der Waals surface area (Å²) in [6.07, 6.45) is 0. The molecule has 0 saturated carbocycles. The first-order valence-corrected chi connectivity index (χ1v) is 10.9. The Kier molecular flexibility index (Phi) is 6.77. The number of piperazine rings is 1. The molecule has 0 radical (unpaired) electrons. The molecule has 0 aliphatic carbocycles. The Bertz CT molecular complexity index is 1070. The van der Waals surface area contributed by atoms with Gasteiger partial charge in [-0.15, -0.1) is 0 Å². The molecule has 0 N–H and O–H groups in total. The quantitative estimate of drug-likeness (QED) is 0.540. The summed E-state index contributed by atoms with van der Waals surface area (Å²) < 4.78 is 25.1. The lowest BCUT2D eigenvalue weighted by Gasteiger charge is -2.35. The van der Waals surface area contributed by atoms with Crippen LogP contribution in [0.3, 0.4) is 0 Å². The van der Waals surface area contributed by atoms with E-state index in [9.17, 15) is 9.18 Å². The summed E-state index contributed by atoms with van der Waals surface area (Å²) in [5.41, 5.74) is 2.78. The summed E-state index contributed by atoms with van der Waals surface area (Å²) in [6.45, 7) is 6.91. The lowest BCUT2D eigenvalue weighted by atomic mass is 10.1. The van der Waals surface area contributed by atoms with E-state index in [2.05, 4.69) is 10.1 Å². The predicted molar refractivity (Wildman–Crippen MR) is 119 cm³/mol. The fourth-order valence-corrected chi connectivity index (χ4v) is 4.00. The summed E-state index contributed by atoms with van der Waals surface area (Å²) in [6, 6.07) is 11.9. The van der Waals surface area contributed by atoms with E-state index in [-0.39, 0.29) is 11.7 Å². The number of rotatable bonds is 6. The zero-order chi connectivity index (χ0) is 22.7. The molecule has 0 spiro atoms. The van der Waals surface area contributed by atoms with E-state index in [1.54, 1.807) is 24.3 Å². The van der Waals surface area contributed by atoms with Crippen molar-refractivity contribution in [2.24, 2.45) is 0 Å². The van der Waals surface area contributed by atoms with E-state index in [0.29, 0.717) is 61.2 Å². The average molecular weight is 458 g/mol. The minimum Gasteiger partial charge on any atom is -0.489 e. The van der Waals surface area contributed by atoms with Crippen LogP contribution in [-0.4, -0.2) is 47.0 Å². The van der Waals surface area contributed by atoms with Gasteiger partial charge in [0.2, 0.25) is 0 Å². The van der Waals surface area contributed by atoms with Gasteiger partial charge in [-0.1, -0.05) is 28.9 Å². The van der Waals surface area contributed by atoms with Gasteiger partial charge in [0.05, 0.1) is 11.3 Å². The third kappa shape index (κ3) is 4.95. The first kappa shape index (κ1) is 22.3. The minimum absolute atomic E-state index is 0.0450. The number of hydrogen-bond acceptors (Lipinski definition) is 5. The molecular formula is C24H25ClFN3O3. The van der Waals surface area contributed by atoms with E-state index in [0.717, 1.165) is 17.0 Å². The molecule has 32 heavy (non-hydrogen) atoms. The first-order chi connectivity index (χ1) is 15.4. The zero-order valence-corrected chi connectivity index (χ0v) is 18.9. The van der Waals surface area contributed by atoms with E-state index in [4.69, 9.17) is 20.9 Å². The van der Waals surface area contributed by atoms with Crippen LogP contribution in [0.2, 0.25) is 5.02 Å². The maximum absolute atomic E-state index is 14.1. The van der Waals surface area contributed by atoms with E-state index < -0.39 is 0 Å². The fraction of sp³-hybridized carbons (Fsp3) is 0.333. The molecule has 168 valence electrons. The van der Waals surface area contributed by atoms with Gasteiger partial charge in [0, 0.05) is 48.9 Å². The van der Waals surface area contributed by atoms with E-state index in [1.165, 1.54) is 6.07 Å². The highest BCUT2D eigenvalue weighted by Crippen LogP contribution is 2.23. The zero-order valence-electron chi connectivity index (χ0n) is 18.1. The number of nitrogens with zero attached hydrogens (tertiary/aromatic N) is 3. The normalized spacial score (nSPS) is 14.6. The summed E-state index contributed by atoms with van der Waals surface area (Å²) in [7, 11) is 0. The van der Waals surface area contributed by atoms with Crippen molar-refractivity contribution >= 4 is 17.5 Å². The molecule has 6 nitrogen and oxygen atoms in total. The van der Waals surface area contributed by atoms with E-state index >= 15 is 0 Å². The number of hydrogen-bond donors (Lipinski definition) is 0. The maximum atomic E-state index is 14.1. The number of carbonyl (C=O) groups excluding carboxylic acids is 1. The highest BCUT2D eigenvalue weighted by Gasteiger charge is 2.23. The SMILES string of the molecule is Cc1noc(C)c1COc1cccc(C(=O)N2CCN(Cc3c(F)cccc3Cl)CC2)c1. The molecule has 2 heterocycles. The van der Waals surface area contributed by atoms with Crippen molar-refractivity contribution in [3.63, 3.8) is 0 Å². The van der Waals surface area contributed by atoms with Crippen molar-refractivity contribution in [1.82, 2.24) is 15.0 Å². The molecular weight excluding hydrogens is 433 g/mol. The summed E-state index contributed by atoms with van der Waals surface area (Å²) in [5, 5.41) is 4.36. The second kappa shape index (κ2) is 9.71. The number of aryl methyl sites for hydroxylation is 2. The van der Waals surface area contributed by atoms with Crippen molar-refractivity contribution in [2.45, 2.75) is 27.0 Å². The monoisotopic (exact) mass is 457 g/mol. The molecule has 1 aliphatic heterocycles. The molecule has 1 fully saturated rings. The van der Waals surface area contributed by atoms with Crippen molar-refractivity contribution in [2.75, 3.05) is 26.2 Å². The minimum atomic E-state index is -0.301. The molecule has 8 heteroatoms. The average Bonchev–Trinajstić information content (AvgIpc) is 3.12. The van der Waals surface area contributed by atoms with Crippen LogP contribution in [0.5, 0.6) is 5.75 Å². The third-order valence-electron chi connectivity index (χ3n) is 5.75. The highest BCUT2D eigenvalue weighted by molar-refractivity contribution is 6.31. The smallest absolute Gasteiger partial charge is 0.254 e. The Hall–Kier alpha value is -2.90. The van der Waals surface area contributed by atoms with Crippen LogP contribution >= 0.6 is 11.6 Å². The molecule has 2 aromatic carbocycles.